The number of hydrogen-bond acceptors (Lipinski definition) is 13. The number of rotatable bonds is 26. The number of hydrogen-bond donors (Lipinski definition) is 13. The Labute approximate surface area is 359 Å². The molecular weight excluding hydrogens is 829 g/mol. The summed E-state index contributed by atoms with van der Waals surface area (Å²) in [6, 6.07) is 7.89. The number of carboxylic acids is 1. The van der Waals surface area contributed by atoms with Crippen LogP contribution in [0.1, 0.15) is 29.7 Å². The number of nitrogens with zero attached hydrogens (tertiary/aromatic N) is 1. The molecule has 1 heterocycles. The zero-order valence-electron chi connectivity index (χ0n) is 33.7. The lowest BCUT2D eigenvalue weighted by atomic mass is 10.0. The Morgan fingerprint density at radius 1 is 0.571 bits per heavy atom. The van der Waals surface area contributed by atoms with Gasteiger partial charge in [0.1, 0.15) is 36.8 Å². The van der Waals surface area contributed by atoms with E-state index in [-0.39, 0.29) is 25.0 Å². The minimum atomic E-state index is -1.80. The van der Waals surface area contributed by atoms with Crippen molar-refractivity contribution >= 4 is 59.1 Å². The number of aliphatic hydroxyl groups is 1. The number of aromatic amines is 1. The molecule has 6 atom stereocenters. The third-order valence-corrected chi connectivity index (χ3v) is 8.90. The van der Waals surface area contributed by atoms with Gasteiger partial charge in [0.2, 0.25) is 53.2 Å². The van der Waals surface area contributed by atoms with Crippen LogP contribution in [0.2, 0.25) is 0 Å². The smallest absolute Gasteiger partial charge is 0.322 e. The van der Waals surface area contributed by atoms with E-state index in [1.165, 1.54) is 12.5 Å². The van der Waals surface area contributed by atoms with E-state index in [1.807, 2.05) is 5.32 Å². The summed E-state index contributed by atoms with van der Waals surface area (Å²) in [4.78, 5) is 134. The third kappa shape index (κ3) is 17.8. The molecular formula is C39H50N12O12. The van der Waals surface area contributed by atoms with Crippen molar-refractivity contribution in [3.8, 4) is 0 Å². The van der Waals surface area contributed by atoms with E-state index >= 15 is 0 Å². The van der Waals surface area contributed by atoms with E-state index in [9.17, 15) is 53.1 Å². The minimum Gasteiger partial charge on any atom is -0.480 e. The van der Waals surface area contributed by atoms with Gasteiger partial charge in [-0.2, -0.15) is 0 Å². The summed E-state index contributed by atoms with van der Waals surface area (Å²) in [7, 11) is 0. The van der Waals surface area contributed by atoms with Crippen molar-refractivity contribution in [2.45, 2.75) is 68.4 Å². The zero-order chi connectivity index (χ0) is 46.5. The van der Waals surface area contributed by atoms with Crippen LogP contribution >= 0.6 is 0 Å². The number of carbonyl (C=O) groups excluding carboxylic acids is 9. The van der Waals surface area contributed by atoms with Gasteiger partial charge in [0, 0.05) is 19.0 Å². The Morgan fingerprint density at radius 3 is 1.54 bits per heavy atom. The van der Waals surface area contributed by atoms with Gasteiger partial charge in [-0.1, -0.05) is 60.7 Å². The molecule has 0 bridgehead atoms. The summed E-state index contributed by atoms with van der Waals surface area (Å²) < 4.78 is 0. The van der Waals surface area contributed by atoms with E-state index in [2.05, 4.69) is 41.9 Å². The molecule has 16 N–H and O–H groups in total. The van der Waals surface area contributed by atoms with Gasteiger partial charge in [0.15, 0.2) is 0 Å². The van der Waals surface area contributed by atoms with E-state index < -0.39 is 128 Å². The van der Waals surface area contributed by atoms with Gasteiger partial charge in [-0.3, -0.25) is 47.9 Å². The van der Waals surface area contributed by atoms with E-state index in [0.717, 1.165) is 5.56 Å². The molecule has 0 saturated carbocycles. The van der Waals surface area contributed by atoms with Crippen LogP contribution in [-0.4, -0.2) is 135 Å². The third-order valence-electron chi connectivity index (χ3n) is 8.90. The molecule has 63 heavy (non-hydrogen) atoms. The second-order valence-electron chi connectivity index (χ2n) is 14.0. The number of H-pyrrole nitrogens is 1. The molecule has 0 radical (unpaired) electrons. The SMILES string of the molecule is NC(=O)CC(NC(=O)CNC(=O)C(N)Cc1ccccc1)C(=O)NC(Cc1ccccc1)C(=O)NC(Cc1c[nH]cn1)C(=O)NC(CO)C(=O)NC(CC(N)=O)C(=O)NCC(=O)O. The largest absolute Gasteiger partial charge is 0.480 e. The fourth-order valence-electron chi connectivity index (χ4n) is 5.77. The van der Waals surface area contributed by atoms with E-state index in [1.54, 1.807) is 60.7 Å². The van der Waals surface area contributed by atoms with Crippen molar-refractivity contribution in [2.75, 3.05) is 19.7 Å². The Bertz CT molecular complexity index is 2070. The zero-order valence-corrected chi connectivity index (χ0v) is 33.7. The number of primary amides is 2. The Hall–Kier alpha value is -7.73. The number of aromatic nitrogens is 2. The average Bonchev–Trinajstić information content (AvgIpc) is 3.76. The molecule has 2 aromatic carbocycles. The molecule has 0 fully saturated rings. The molecule has 6 unspecified atom stereocenters. The maximum Gasteiger partial charge on any atom is 0.322 e. The van der Waals surface area contributed by atoms with Crippen LogP contribution < -0.4 is 54.4 Å². The number of aliphatic hydroxyl groups excluding tert-OH is 1. The van der Waals surface area contributed by atoms with Gasteiger partial charge in [-0.25, -0.2) is 4.98 Å². The lowest BCUT2D eigenvalue weighted by molar-refractivity contribution is -0.139. The van der Waals surface area contributed by atoms with Gasteiger partial charge in [-0.05, 0) is 17.5 Å². The summed E-state index contributed by atoms with van der Waals surface area (Å²) in [6.07, 6.45) is 0.816. The molecule has 0 aliphatic heterocycles. The standard InChI is InChI=1S/C39H50N12O12/c40-24(11-21-7-3-1-4-8-21)34(58)44-17-32(55)47-28(15-31(42)54)38(62)48-25(12-22-9-5-2-6-10-22)36(60)49-26(13-23-16-43-20-46-23)37(61)51-29(19-52)39(63)50-27(14-30(41)53)35(59)45-18-33(56)57/h1-10,16,20,24-29,52H,11-15,17-19,40H2,(H2,41,53)(H2,42,54)(H,43,46)(H,44,58)(H,45,59)(H,47,55)(H,48,62)(H,49,60)(H,50,63)(H,51,61)(H,56,57). The number of amides is 9. The number of carbonyl (C=O) groups is 10. The van der Waals surface area contributed by atoms with Crippen LogP contribution in [-0.2, 0) is 67.2 Å². The predicted octanol–water partition coefficient (Wildman–Crippen LogP) is -5.75. The fraction of sp³-hybridized carbons (Fsp3) is 0.359. The first-order valence-corrected chi connectivity index (χ1v) is 19.2. The number of carboxylic acid groups (broad SMARTS) is 1. The molecule has 338 valence electrons. The number of imidazole rings is 1. The predicted molar refractivity (Wildman–Crippen MR) is 219 cm³/mol. The quantitative estimate of drug-likeness (QED) is 0.0358. The molecule has 0 aliphatic rings. The number of nitrogens with one attached hydrogen (secondary N) is 8. The van der Waals surface area contributed by atoms with Gasteiger partial charge in [0.05, 0.1) is 44.1 Å². The highest BCUT2D eigenvalue weighted by Crippen LogP contribution is 2.08. The van der Waals surface area contributed by atoms with Crippen molar-refractivity contribution < 1.29 is 58.2 Å². The summed E-state index contributed by atoms with van der Waals surface area (Å²) in [5, 5.41) is 34.9. The first-order valence-electron chi connectivity index (χ1n) is 19.2. The topological polar surface area (TPSA) is 402 Å². The summed E-state index contributed by atoms with van der Waals surface area (Å²) in [5.74, 6) is -10.5. The van der Waals surface area contributed by atoms with Crippen molar-refractivity contribution in [3.05, 3.63) is 90.0 Å². The summed E-state index contributed by atoms with van der Waals surface area (Å²) in [5.41, 5.74) is 18.1. The second-order valence-corrected chi connectivity index (χ2v) is 14.0. The van der Waals surface area contributed by atoms with Crippen molar-refractivity contribution in [3.63, 3.8) is 0 Å². The molecule has 24 nitrogen and oxygen atoms in total. The van der Waals surface area contributed by atoms with Crippen LogP contribution in [0.3, 0.4) is 0 Å². The number of aliphatic carboxylic acids is 1. The molecule has 3 aromatic rings. The maximum atomic E-state index is 14.1. The molecule has 9 amide bonds. The van der Waals surface area contributed by atoms with Gasteiger partial charge in [-0.15, -0.1) is 0 Å². The normalized spacial score (nSPS) is 13.6. The van der Waals surface area contributed by atoms with Crippen molar-refractivity contribution in [1.29, 1.82) is 0 Å². The minimum absolute atomic E-state index is 0.171. The Balaban J connectivity index is 1.80. The summed E-state index contributed by atoms with van der Waals surface area (Å²) in [6.45, 7) is -2.57. The maximum absolute atomic E-state index is 14.1. The van der Waals surface area contributed by atoms with Gasteiger partial charge in [0.25, 0.3) is 0 Å². The molecule has 24 heteroatoms. The molecule has 1 aromatic heterocycles. The first kappa shape index (κ1) is 49.6. The van der Waals surface area contributed by atoms with E-state index in [4.69, 9.17) is 22.3 Å². The fourth-order valence-corrected chi connectivity index (χ4v) is 5.77. The van der Waals surface area contributed by atoms with Crippen molar-refractivity contribution in [1.82, 2.24) is 47.2 Å². The molecule has 3 rings (SSSR count). The average molecular weight is 879 g/mol. The Morgan fingerprint density at radius 2 is 1.03 bits per heavy atom. The lowest BCUT2D eigenvalue weighted by Crippen LogP contribution is -2.61. The number of benzene rings is 2. The lowest BCUT2D eigenvalue weighted by Gasteiger charge is -2.26. The highest BCUT2D eigenvalue weighted by molar-refractivity contribution is 5.98. The number of nitrogens with two attached hydrogens (primary N) is 3. The van der Waals surface area contributed by atoms with Gasteiger partial charge >= 0.3 is 5.97 Å². The molecule has 0 aliphatic carbocycles. The van der Waals surface area contributed by atoms with Crippen LogP contribution in [0, 0.1) is 0 Å². The van der Waals surface area contributed by atoms with Crippen LogP contribution in [0.5, 0.6) is 0 Å². The first-order chi connectivity index (χ1) is 29.9. The highest BCUT2D eigenvalue weighted by atomic mass is 16.4. The molecule has 0 spiro atoms. The Kier molecular flexibility index (Phi) is 19.8. The molecule has 0 saturated heterocycles. The monoisotopic (exact) mass is 878 g/mol. The van der Waals surface area contributed by atoms with Crippen LogP contribution in [0.25, 0.3) is 0 Å². The van der Waals surface area contributed by atoms with E-state index in [0.29, 0.717) is 5.56 Å². The summed E-state index contributed by atoms with van der Waals surface area (Å²) >= 11 is 0. The highest BCUT2D eigenvalue weighted by Gasteiger charge is 2.34. The van der Waals surface area contributed by atoms with Crippen LogP contribution in [0.15, 0.2) is 73.2 Å². The van der Waals surface area contributed by atoms with Gasteiger partial charge < -0.3 is 69.6 Å². The van der Waals surface area contributed by atoms with Crippen LogP contribution in [0.4, 0.5) is 0 Å². The van der Waals surface area contributed by atoms with Crippen molar-refractivity contribution in [2.24, 2.45) is 17.2 Å². The second kappa shape index (κ2) is 25.1.